The third-order valence-electron chi connectivity index (χ3n) is 6.16. The summed E-state index contributed by atoms with van der Waals surface area (Å²) >= 11 is 0. The van der Waals surface area contributed by atoms with Crippen LogP contribution >= 0.6 is 0 Å². The van der Waals surface area contributed by atoms with Crippen molar-refractivity contribution in [2.45, 2.75) is 37.2 Å². The summed E-state index contributed by atoms with van der Waals surface area (Å²) in [6.07, 6.45) is 0.0811. The lowest BCUT2D eigenvalue weighted by atomic mass is 9.95. The van der Waals surface area contributed by atoms with Gasteiger partial charge < -0.3 is 15.6 Å². The molecule has 0 aliphatic carbocycles. The van der Waals surface area contributed by atoms with Gasteiger partial charge in [0, 0.05) is 17.7 Å². The fourth-order valence-electron chi connectivity index (χ4n) is 4.51. The van der Waals surface area contributed by atoms with Gasteiger partial charge in [0.25, 0.3) is 6.02 Å². The number of aliphatic hydroxyl groups is 1. The van der Waals surface area contributed by atoms with Gasteiger partial charge in [0.1, 0.15) is 16.7 Å². The van der Waals surface area contributed by atoms with Crippen LogP contribution in [-0.2, 0) is 14.8 Å². The molecule has 194 valence electrons. The Morgan fingerprint density at radius 1 is 1.11 bits per heavy atom. The molecule has 1 saturated heterocycles. The van der Waals surface area contributed by atoms with Gasteiger partial charge in [-0.3, -0.25) is 4.79 Å². The van der Waals surface area contributed by atoms with Crippen molar-refractivity contribution in [1.82, 2.24) is 4.72 Å². The van der Waals surface area contributed by atoms with Gasteiger partial charge in [-0.15, -0.1) is 0 Å². The zero-order valence-corrected chi connectivity index (χ0v) is 21.2. The number of amides is 1. The quantitative estimate of drug-likeness (QED) is 0.431. The van der Waals surface area contributed by atoms with Crippen molar-refractivity contribution >= 4 is 22.0 Å². The Kier molecular flexibility index (Phi) is 7.33. The number of rotatable bonds is 7. The summed E-state index contributed by atoms with van der Waals surface area (Å²) in [7, 11) is -4.00. The fourth-order valence-corrected chi connectivity index (χ4v) is 6.28. The van der Waals surface area contributed by atoms with E-state index in [1.807, 2.05) is 6.07 Å². The van der Waals surface area contributed by atoms with Crippen LogP contribution in [0.25, 0.3) is 11.1 Å². The zero-order valence-electron chi connectivity index (χ0n) is 20.4. The summed E-state index contributed by atoms with van der Waals surface area (Å²) < 4.78 is 49.5. The number of carbonyl (C=O) groups is 1. The number of benzene rings is 3. The van der Waals surface area contributed by atoms with Crippen LogP contribution in [0.4, 0.5) is 4.39 Å². The first-order valence-electron chi connectivity index (χ1n) is 11.7. The van der Waals surface area contributed by atoms with E-state index >= 15 is 0 Å². The lowest BCUT2D eigenvalue weighted by Gasteiger charge is -2.39. The minimum Gasteiger partial charge on any atom is -0.457 e. The van der Waals surface area contributed by atoms with Gasteiger partial charge >= 0.3 is 0 Å². The maximum absolute atomic E-state index is 14.4. The normalized spacial score (nSPS) is 20.0. The first-order valence-corrected chi connectivity index (χ1v) is 13.2. The molecule has 1 aliphatic rings. The van der Waals surface area contributed by atoms with Crippen LogP contribution in [0, 0.1) is 5.82 Å². The summed E-state index contributed by atoms with van der Waals surface area (Å²) in [6, 6.07) is 18.6. The number of sulfonamides is 1. The van der Waals surface area contributed by atoms with Gasteiger partial charge in [-0.25, -0.2) is 22.5 Å². The van der Waals surface area contributed by atoms with E-state index in [0.717, 1.165) is 11.1 Å². The van der Waals surface area contributed by atoms with Crippen LogP contribution in [-0.4, -0.2) is 37.7 Å². The Bertz CT molecular complexity index is 1440. The Labute approximate surface area is 215 Å². The van der Waals surface area contributed by atoms with E-state index in [0.29, 0.717) is 11.1 Å². The number of nitrogens with one attached hydrogen (secondary N) is 1. The average Bonchev–Trinajstić information content (AvgIpc) is 2.83. The topological polar surface area (TPSA) is 131 Å². The average molecular weight is 526 g/mol. The van der Waals surface area contributed by atoms with Crippen molar-refractivity contribution in [3.05, 3.63) is 95.3 Å². The molecular weight excluding hydrogens is 497 g/mol. The number of nitrogens with zero attached hydrogens (tertiary/aromatic N) is 1. The highest BCUT2D eigenvalue weighted by molar-refractivity contribution is 7.90. The highest BCUT2D eigenvalue weighted by Gasteiger charge is 2.48. The molecule has 3 aromatic rings. The second-order valence-corrected chi connectivity index (χ2v) is 11.0. The van der Waals surface area contributed by atoms with Gasteiger partial charge in [-0.1, -0.05) is 54.6 Å². The number of hydrogen-bond donors (Lipinski definition) is 3. The molecule has 2 atom stereocenters. The smallest absolute Gasteiger partial charge is 0.299 e. The van der Waals surface area contributed by atoms with E-state index < -0.39 is 38.6 Å². The molecule has 0 spiro atoms. The van der Waals surface area contributed by atoms with Crippen molar-refractivity contribution in [2.24, 2.45) is 10.7 Å². The first-order chi connectivity index (χ1) is 17.5. The molecule has 1 amide bonds. The summed E-state index contributed by atoms with van der Waals surface area (Å²) in [5, 5.41) is 8.39. The molecule has 1 aliphatic heterocycles. The summed E-state index contributed by atoms with van der Waals surface area (Å²) in [5.74, 6) is -1.05. The molecule has 3 aromatic carbocycles. The van der Waals surface area contributed by atoms with E-state index in [4.69, 9.17) is 10.5 Å². The van der Waals surface area contributed by atoms with Crippen molar-refractivity contribution in [1.29, 1.82) is 0 Å². The molecule has 0 unspecified atom stereocenters. The van der Waals surface area contributed by atoms with E-state index in [1.165, 1.54) is 18.2 Å². The second kappa shape index (κ2) is 10.3. The number of halogens is 1. The monoisotopic (exact) mass is 525 g/mol. The molecule has 10 heteroatoms. The number of aliphatic hydroxyl groups excluding tert-OH is 1. The van der Waals surface area contributed by atoms with Gasteiger partial charge in [0.05, 0.1) is 6.04 Å². The predicted molar refractivity (Wildman–Crippen MR) is 139 cm³/mol. The van der Waals surface area contributed by atoms with Crippen LogP contribution < -0.4 is 10.5 Å². The Morgan fingerprint density at radius 3 is 2.43 bits per heavy atom. The first kappa shape index (κ1) is 26.3. The van der Waals surface area contributed by atoms with E-state index in [9.17, 15) is 22.7 Å². The molecule has 4 N–H and O–H groups in total. The van der Waals surface area contributed by atoms with E-state index in [-0.39, 0.29) is 24.6 Å². The summed E-state index contributed by atoms with van der Waals surface area (Å²) in [5.41, 5.74) is 6.78. The molecule has 1 fully saturated rings. The number of nitrogens with two attached hydrogens (primary N) is 1. The third-order valence-corrected chi connectivity index (χ3v) is 8.08. The lowest BCUT2D eigenvalue weighted by Crippen LogP contribution is -2.53. The maximum Gasteiger partial charge on any atom is 0.299 e. The van der Waals surface area contributed by atoms with Crippen LogP contribution in [0.1, 0.15) is 53.0 Å². The van der Waals surface area contributed by atoms with Crippen LogP contribution in [0.2, 0.25) is 0 Å². The minimum absolute atomic E-state index is 0.0811. The highest BCUT2D eigenvalue weighted by Crippen LogP contribution is 2.39. The number of aliphatic imine (C=N–C) groups is 1. The number of amidine groups is 1. The summed E-state index contributed by atoms with van der Waals surface area (Å²) in [4.78, 5) is 15.8. The van der Waals surface area contributed by atoms with Gasteiger partial charge in [-0.2, -0.15) is 0 Å². The predicted octanol–water partition coefficient (Wildman–Crippen LogP) is 3.84. The molecule has 0 aromatic heterocycles. The van der Waals surface area contributed by atoms with E-state index in [1.54, 1.807) is 62.4 Å². The Balaban J connectivity index is 1.63. The van der Waals surface area contributed by atoms with Crippen molar-refractivity contribution < 1.29 is 27.4 Å². The van der Waals surface area contributed by atoms with Gasteiger partial charge in [-0.05, 0) is 55.2 Å². The minimum atomic E-state index is -4.00. The molecule has 4 rings (SSSR count). The fraction of sp³-hybridized carbons (Fsp3) is 0.259. The number of carbonyl (C=O) groups excluding carboxylic acids is 1. The van der Waals surface area contributed by atoms with E-state index in [2.05, 4.69) is 9.71 Å². The van der Waals surface area contributed by atoms with Gasteiger partial charge in [0.15, 0.2) is 0 Å². The highest BCUT2D eigenvalue weighted by atomic mass is 32.2. The summed E-state index contributed by atoms with van der Waals surface area (Å²) in [6.45, 7) is 3.00. The molecule has 0 saturated carbocycles. The maximum atomic E-state index is 14.4. The number of primary amides is 1. The van der Waals surface area contributed by atoms with Crippen LogP contribution in [0.15, 0.2) is 77.8 Å². The molecular formula is C27H28FN3O5S. The second-order valence-electron chi connectivity index (χ2n) is 9.28. The van der Waals surface area contributed by atoms with Crippen molar-refractivity contribution in [2.75, 3.05) is 6.61 Å². The SMILES string of the molecule is CC1(C)OC(=N[C@@H](CCO)c2ccccc2F)NS(=O)(=O)[C@@H]1c1ccc(-c2cccc(C(N)=O)c2)cc1. The number of hydrogen-bond acceptors (Lipinski definition) is 6. The number of ether oxygens (including phenoxy) is 1. The van der Waals surface area contributed by atoms with Crippen molar-refractivity contribution in [3.8, 4) is 11.1 Å². The van der Waals surface area contributed by atoms with Crippen LogP contribution in [0.5, 0.6) is 0 Å². The van der Waals surface area contributed by atoms with Crippen molar-refractivity contribution in [3.63, 3.8) is 0 Å². The Hall–Kier alpha value is -3.76. The molecule has 0 bridgehead atoms. The zero-order chi connectivity index (χ0) is 26.8. The van der Waals surface area contributed by atoms with Crippen LogP contribution in [0.3, 0.4) is 0 Å². The molecule has 0 radical (unpaired) electrons. The lowest BCUT2D eigenvalue weighted by molar-refractivity contribution is 0.0758. The molecule has 37 heavy (non-hydrogen) atoms. The molecule has 1 heterocycles. The Morgan fingerprint density at radius 2 is 1.81 bits per heavy atom. The van der Waals surface area contributed by atoms with Gasteiger partial charge in [0.2, 0.25) is 15.9 Å². The third kappa shape index (κ3) is 5.65. The molecule has 8 nitrogen and oxygen atoms in total. The largest absolute Gasteiger partial charge is 0.457 e. The standard InChI is InChI=1S/C27H28FN3O5S/c1-27(2)24(18-12-10-17(11-13-18)19-6-5-7-20(16-19)25(29)33)37(34,35)31-26(36-27)30-23(14-15-32)21-8-3-4-9-22(21)28/h3-13,16,23-24,32H,14-15H2,1-2H3,(H2,29,33)(H,30,31)/t23-,24+/m0/s1.